The van der Waals surface area contributed by atoms with Gasteiger partial charge in [-0.2, -0.15) is 0 Å². The molecule has 1 heterocycles. The monoisotopic (exact) mass is 242 g/mol. The van der Waals surface area contributed by atoms with Crippen LogP contribution in [-0.4, -0.2) is 12.4 Å². The van der Waals surface area contributed by atoms with Crippen molar-refractivity contribution >= 4 is 5.78 Å². The van der Waals surface area contributed by atoms with Gasteiger partial charge in [-0.05, 0) is 48.0 Å². The maximum absolute atomic E-state index is 12.8. The van der Waals surface area contributed by atoms with E-state index in [4.69, 9.17) is 4.74 Å². The second kappa shape index (κ2) is 4.26. The molecule has 0 fully saturated rings. The number of fused-ring (bicyclic) bond motifs is 1. The molecule has 0 bridgehead atoms. The Balaban J connectivity index is 1.95. The highest BCUT2D eigenvalue weighted by Gasteiger charge is 2.15. The zero-order chi connectivity index (χ0) is 12.5. The Bertz CT molecular complexity index is 602. The van der Waals surface area contributed by atoms with E-state index in [-0.39, 0.29) is 11.6 Å². The topological polar surface area (TPSA) is 26.3 Å². The van der Waals surface area contributed by atoms with Gasteiger partial charge in [0, 0.05) is 17.5 Å². The molecule has 0 N–H and O–H groups in total. The molecule has 0 radical (unpaired) electrons. The molecule has 2 aromatic carbocycles. The largest absolute Gasteiger partial charge is 0.493 e. The number of halogens is 1. The highest BCUT2D eigenvalue weighted by atomic mass is 19.1. The molecule has 18 heavy (non-hydrogen) atoms. The van der Waals surface area contributed by atoms with E-state index in [2.05, 4.69) is 0 Å². The number of benzene rings is 2. The summed E-state index contributed by atoms with van der Waals surface area (Å²) in [4.78, 5) is 12.2. The summed E-state index contributed by atoms with van der Waals surface area (Å²) in [6.45, 7) is 0.670. The minimum absolute atomic E-state index is 0.0929. The Hall–Kier alpha value is -2.16. The van der Waals surface area contributed by atoms with Crippen molar-refractivity contribution in [3.8, 4) is 5.75 Å². The van der Waals surface area contributed by atoms with E-state index in [1.165, 1.54) is 24.3 Å². The van der Waals surface area contributed by atoms with Gasteiger partial charge in [-0.1, -0.05) is 0 Å². The lowest BCUT2D eigenvalue weighted by Gasteiger charge is -2.03. The fourth-order valence-electron chi connectivity index (χ4n) is 2.10. The zero-order valence-corrected chi connectivity index (χ0v) is 9.65. The van der Waals surface area contributed by atoms with Crippen LogP contribution in [0.5, 0.6) is 5.75 Å². The molecule has 0 amide bonds. The molecule has 0 saturated heterocycles. The molecule has 90 valence electrons. The molecule has 2 nitrogen and oxygen atoms in total. The highest BCUT2D eigenvalue weighted by molar-refractivity contribution is 6.09. The Morgan fingerprint density at radius 1 is 1.06 bits per heavy atom. The third-order valence-corrected chi connectivity index (χ3v) is 3.06. The Kier molecular flexibility index (Phi) is 2.59. The number of ether oxygens (including phenoxy) is 1. The fourth-order valence-corrected chi connectivity index (χ4v) is 2.10. The summed E-state index contributed by atoms with van der Waals surface area (Å²) in [7, 11) is 0. The molecule has 1 aliphatic rings. The van der Waals surface area contributed by atoms with Crippen LogP contribution in [0.3, 0.4) is 0 Å². The lowest BCUT2D eigenvalue weighted by molar-refractivity contribution is 0.103. The maximum atomic E-state index is 12.8. The van der Waals surface area contributed by atoms with Crippen molar-refractivity contribution in [2.45, 2.75) is 6.42 Å². The van der Waals surface area contributed by atoms with Gasteiger partial charge in [0.1, 0.15) is 11.6 Å². The number of carbonyl (C=O) groups excluding carboxylic acids is 1. The molecule has 0 unspecified atom stereocenters. The average Bonchev–Trinajstić information content (AvgIpc) is 2.86. The van der Waals surface area contributed by atoms with Crippen molar-refractivity contribution in [1.29, 1.82) is 0 Å². The standard InChI is InChI=1S/C15H11FO2/c16-13-4-1-10(2-5-13)15(17)12-3-6-14-11(9-12)7-8-18-14/h1-6,9H,7-8H2. The van der Waals surface area contributed by atoms with Crippen LogP contribution < -0.4 is 4.74 Å². The SMILES string of the molecule is O=C(c1ccc(F)cc1)c1ccc2c(c1)CCO2. The molecular weight excluding hydrogens is 231 g/mol. The van der Waals surface area contributed by atoms with Crippen molar-refractivity contribution in [3.05, 3.63) is 65.0 Å². The van der Waals surface area contributed by atoms with Crippen LogP contribution in [0.1, 0.15) is 21.5 Å². The van der Waals surface area contributed by atoms with Gasteiger partial charge < -0.3 is 4.74 Å². The first-order chi connectivity index (χ1) is 8.74. The summed E-state index contributed by atoms with van der Waals surface area (Å²) in [5.41, 5.74) is 2.17. The highest BCUT2D eigenvalue weighted by Crippen LogP contribution is 2.26. The van der Waals surface area contributed by atoms with Crippen LogP contribution in [0, 0.1) is 5.82 Å². The van der Waals surface area contributed by atoms with Gasteiger partial charge in [0.2, 0.25) is 0 Å². The normalized spacial score (nSPS) is 12.9. The summed E-state index contributed by atoms with van der Waals surface area (Å²) in [6, 6.07) is 11.0. The number of ketones is 1. The second-order valence-corrected chi connectivity index (χ2v) is 4.26. The average molecular weight is 242 g/mol. The lowest BCUT2D eigenvalue weighted by Crippen LogP contribution is -2.01. The van der Waals surface area contributed by atoms with E-state index in [1.807, 2.05) is 12.1 Å². The fraction of sp³-hybridized carbons (Fsp3) is 0.133. The van der Waals surface area contributed by atoms with Crippen molar-refractivity contribution in [2.75, 3.05) is 6.61 Å². The van der Waals surface area contributed by atoms with Crippen LogP contribution in [0.2, 0.25) is 0 Å². The van der Waals surface area contributed by atoms with E-state index in [0.717, 1.165) is 17.7 Å². The van der Waals surface area contributed by atoms with Crippen molar-refractivity contribution < 1.29 is 13.9 Å². The van der Waals surface area contributed by atoms with Crippen LogP contribution >= 0.6 is 0 Å². The minimum Gasteiger partial charge on any atom is -0.493 e. The van der Waals surface area contributed by atoms with E-state index in [1.54, 1.807) is 6.07 Å². The van der Waals surface area contributed by atoms with E-state index < -0.39 is 0 Å². The van der Waals surface area contributed by atoms with Crippen molar-refractivity contribution in [2.24, 2.45) is 0 Å². The van der Waals surface area contributed by atoms with Crippen molar-refractivity contribution in [1.82, 2.24) is 0 Å². The van der Waals surface area contributed by atoms with Gasteiger partial charge in [0.25, 0.3) is 0 Å². The first kappa shape index (κ1) is 11.0. The summed E-state index contributed by atoms with van der Waals surface area (Å²) in [6.07, 6.45) is 0.833. The third-order valence-electron chi connectivity index (χ3n) is 3.06. The summed E-state index contributed by atoms with van der Waals surface area (Å²) < 4.78 is 18.2. The molecule has 3 rings (SSSR count). The number of hydrogen-bond acceptors (Lipinski definition) is 2. The minimum atomic E-state index is -0.339. The molecule has 0 atom stereocenters. The van der Waals surface area contributed by atoms with Crippen LogP contribution in [0.25, 0.3) is 0 Å². The molecule has 0 aliphatic carbocycles. The molecule has 0 saturated carbocycles. The number of hydrogen-bond donors (Lipinski definition) is 0. The quantitative estimate of drug-likeness (QED) is 0.757. The molecule has 1 aliphatic heterocycles. The van der Waals surface area contributed by atoms with Gasteiger partial charge in [-0.3, -0.25) is 4.79 Å². The van der Waals surface area contributed by atoms with Crippen LogP contribution in [0.4, 0.5) is 4.39 Å². The van der Waals surface area contributed by atoms with Gasteiger partial charge in [0.15, 0.2) is 5.78 Å². The smallest absolute Gasteiger partial charge is 0.193 e. The molecule has 2 aromatic rings. The third kappa shape index (κ3) is 1.88. The summed E-state index contributed by atoms with van der Waals surface area (Å²) in [5, 5.41) is 0. The van der Waals surface area contributed by atoms with Gasteiger partial charge in [-0.25, -0.2) is 4.39 Å². The van der Waals surface area contributed by atoms with Gasteiger partial charge >= 0.3 is 0 Å². The van der Waals surface area contributed by atoms with Gasteiger partial charge in [-0.15, -0.1) is 0 Å². The Morgan fingerprint density at radius 2 is 1.78 bits per heavy atom. The van der Waals surface area contributed by atoms with E-state index in [9.17, 15) is 9.18 Å². The molecule has 0 spiro atoms. The lowest BCUT2D eigenvalue weighted by atomic mass is 10.0. The maximum Gasteiger partial charge on any atom is 0.193 e. The van der Waals surface area contributed by atoms with Crippen LogP contribution in [0.15, 0.2) is 42.5 Å². The number of carbonyl (C=O) groups is 1. The van der Waals surface area contributed by atoms with E-state index in [0.29, 0.717) is 17.7 Å². The predicted molar refractivity (Wildman–Crippen MR) is 65.5 cm³/mol. The van der Waals surface area contributed by atoms with E-state index >= 15 is 0 Å². The molecule has 0 aromatic heterocycles. The van der Waals surface area contributed by atoms with Crippen molar-refractivity contribution in [3.63, 3.8) is 0 Å². The van der Waals surface area contributed by atoms with Gasteiger partial charge in [0.05, 0.1) is 6.61 Å². The first-order valence-electron chi connectivity index (χ1n) is 5.80. The number of rotatable bonds is 2. The Labute approximate surface area is 104 Å². The predicted octanol–water partition coefficient (Wildman–Crippen LogP) is 2.99. The summed E-state index contributed by atoms with van der Waals surface area (Å²) >= 11 is 0. The molecule has 3 heteroatoms. The summed E-state index contributed by atoms with van der Waals surface area (Å²) in [5.74, 6) is 0.421. The zero-order valence-electron chi connectivity index (χ0n) is 9.65. The van der Waals surface area contributed by atoms with Crippen LogP contribution in [-0.2, 0) is 6.42 Å². The molecular formula is C15H11FO2. The Morgan fingerprint density at radius 3 is 2.56 bits per heavy atom. The first-order valence-corrected chi connectivity index (χ1v) is 5.80. The second-order valence-electron chi connectivity index (χ2n) is 4.26.